The summed E-state index contributed by atoms with van der Waals surface area (Å²) in [4.78, 5) is 18.8. The molecule has 0 fully saturated rings. The second-order valence-corrected chi connectivity index (χ2v) is 2.63. The maximum Gasteiger partial charge on any atom is 0.162 e. The van der Waals surface area contributed by atoms with E-state index >= 15 is 0 Å². The Labute approximate surface area is 71.2 Å². The lowest BCUT2D eigenvalue weighted by Crippen LogP contribution is -1.97. The van der Waals surface area contributed by atoms with Crippen molar-refractivity contribution in [3.05, 3.63) is 30.4 Å². The largest absolute Gasteiger partial charge is 0.294 e. The molecule has 0 aliphatic rings. The standard InChI is InChI=1S/C9H10N2O/c1-6(2)9-10-4-8(5-11-9)7(3)12/h4-5H,1H2,2-3H3. The Kier molecular flexibility index (Phi) is 2.33. The zero-order valence-corrected chi connectivity index (χ0v) is 7.16. The summed E-state index contributed by atoms with van der Waals surface area (Å²) in [6.45, 7) is 7.00. The number of hydrogen-bond donors (Lipinski definition) is 0. The Morgan fingerprint density at radius 3 is 2.17 bits per heavy atom. The SMILES string of the molecule is C=C(C)c1ncc(C(C)=O)cn1. The lowest BCUT2D eigenvalue weighted by Gasteiger charge is -1.97. The highest BCUT2D eigenvalue weighted by Gasteiger charge is 2.00. The molecule has 3 nitrogen and oxygen atoms in total. The minimum absolute atomic E-state index is 0.0248. The summed E-state index contributed by atoms with van der Waals surface area (Å²) in [5.74, 6) is 0.559. The summed E-state index contributed by atoms with van der Waals surface area (Å²) in [7, 11) is 0. The number of Topliss-reactive ketones (excluding diaryl/α,β-unsaturated/α-hetero) is 1. The maximum atomic E-state index is 10.8. The molecule has 0 amide bonds. The second kappa shape index (κ2) is 3.26. The third-order valence-corrected chi connectivity index (χ3v) is 1.44. The summed E-state index contributed by atoms with van der Waals surface area (Å²) in [6.07, 6.45) is 3.03. The molecule has 0 atom stereocenters. The molecule has 1 aromatic rings. The number of nitrogens with zero attached hydrogens (tertiary/aromatic N) is 2. The van der Waals surface area contributed by atoms with Crippen molar-refractivity contribution < 1.29 is 4.79 Å². The van der Waals surface area contributed by atoms with Gasteiger partial charge in [-0.1, -0.05) is 6.58 Å². The molecule has 0 saturated heterocycles. The Hall–Kier alpha value is -1.51. The van der Waals surface area contributed by atoms with Crippen LogP contribution in [0.5, 0.6) is 0 Å². The van der Waals surface area contributed by atoms with Crippen LogP contribution in [0, 0.1) is 0 Å². The molecule has 0 aliphatic heterocycles. The smallest absolute Gasteiger partial charge is 0.162 e. The normalized spacial score (nSPS) is 9.50. The molecular formula is C9H10N2O. The van der Waals surface area contributed by atoms with Crippen LogP contribution in [-0.4, -0.2) is 15.8 Å². The van der Waals surface area contributed by atoms with Crippen molar-refractivity contribution in [2.75, 3.05) is 0 Å². The fourth-order valence-electron chi connectivity index (χ4n) is 0.730. The van der Waals surface area contributed by atoms with Gasteiger partial charge in [0.15, 0.2) is 11.6 Å². The van der Waals surface area contributed by atoms with E-state index in [2.05, 4.69) is 16.5 Å². The lowest BCUT2D eigenvalue weighted by atomic mass is 10.2. The second-order valence-electron chi connectivity index (χ2n) is 2.63. The molecule has 0 saturated carbocycles. The van der Waals surface area contributed by atoms with Gasteiger partial charge in [-0.25, -0.2) is 9.97 Å². The highest BCUT2D eigenvalue weighted by atomic mass is 16.1. The van der Waals surface area contributed by atoms with Gasteiger partial charge < -0.3 is 0 Å². The number of hydrogen-bond acceptors (Lipinski definition) is 3. The van der Waals surface area contributed by atoms with Crippen molar-refractivity contribution in [1.82, 2.24) is 9.97 Å². The van der Waals surface area contributed by atoms with Crippen molar-refractivity contribution in [2.24, 2.45) is 0 Å². The molecule has 12 heavy (non-hydrogen) atoms. The molecule has 0 spiro atoms. The fourth-order valence-corrected chi connectivity index (χ4v) is 0.730. The molecule has 62 valence electrons. The molecule has 0 aliphatic carbocycles. The summed E-state index contributed by atoms with van der Waals surface area (Å²) in [6, 6.07) is 0. The van der Waals surface area contributed by atoms with E-state index in [0.717, 1.165) is 5.57 Å². The maximum absolute atomic E-state index is 10.8. The first-order valence-electron chi connectivity index (χ1n) is 3.60. The van der Waals surface area contributed by atoms with Crippen molar-refractivity contribution in [3.63, 3.8) is 0 Å². The minimum atomic E-state index is -0.0248. The first-order valence-corrected chi connectivity index (χ1v) is 3.60. The summed E-state index contributed by atoms with van der Waals surface area (Å²) in [5, 5.41) is 0. The van der Waals surface area contributed by atoms with E-state index < -0.39 is 0 Å². The number of ketones is 1. The number of carbonyl (C=O) groups is 1. The van der Waals surface area contributed by atoms with Gasteiger partial charge in [0.05, 0.1) is 5.56 Å². The zero-order valence-electron chi connectivity index (χ0n) is 7.16. The Morgan fingerprint density at radius 1 is 1.33 bits per heavy atom. The predicted octanol–water partition coefficient (Wildman–Crippen LogP) is 1.71. The van der Waals surface area contributed by atoms with Crippen LogP contribution in [0.2, 0.25) is 0 Å². The third kappa shape index (κ3) is 1.75. The van der Waals surface area contributed by atoms with Crippen LogP contribution in [-0.2, 0) is 0 Å². The van der Waals surface area contributed by atoms with Gasteiger partial charge in [-0.2, -0.15) is 0 Å². The van der Waals surface area contributed by atoms with Crippen molar-refractivity contribution in [2.45, 2.75) is 13.8 Å². The number of carbonyl (C=O) groups excluding carboxylic acids is 1. The van der Waals surface area contributed by atoms with E-state index in [1.54, 1.807) is 0 Å². The molecule has 1 aromatic heterocycles. The highest BCUT2D eigenvalue weighted by Crippen LogP contribution is 2.04. The van der Waals surface area contributed by atoms with Crippen LogP contribution < -0.4 is 0 Å². The minimum Gasteiger partial charge on any atom is -0.294 e. The van der Waals surface area contributed by atoms with E-state index in [4.69, 9.17) is 0 Å². The molecule has 0 bridgehead atoms. The van der Waals surface area contributed by atoms with Gasteiger partial charge in [0.1, 0.15) is 0 Å². The van der Waals surface area contributed by atoms with Crippen LogP contribution in [0.25, 0.3) is 5.57 Å². The van der Waals surface area contributed by atoms with Crippen LogP contribution >= 0.6 is 0 Å². The Bertz CT molecular complexity index is 281. The topological polar surface area (TPSA) is 42.9 Å². The van der Waals surface area contributed by atoms with Crippen molar-refractivity contribution in [3.8, 4) is 0 Å². The number of rotatable bonds is 2. The summed E-state index contributed by atoms with van der Waals surface area (Å²) < 4.78 is 0. The molecule has 0 aromatic carbocycles. The fraction of sp³-hybridized carbons (Fsp3) is 0.222. The third-order valence-electron chi connectivity index (χ3n) is 1.44. The van der Waals surface area contributed by atoms with E-state index in [-0.39, 0.29) is 5.78 Å². The molecule has 3 heteroatoms. The molecule has 0 radical (unpaired) electrons. The van der Waals surface area contributed by atoms with Crippen molar-refractivity contribution in [1.29, 1.82) is 0 Å². The van der Waals surface area contributed by atoms with Crippen molar-refractivity contribution >= 4 is 11.4 Å². The molecule has 1 rings (SSSR count). The first kappa shape index (κ1) is 8.59. The first-order chi connectivity index (χ1) is 5.61. The van der Waals surface area contributed by atoms with Gasteiger partial charge >= 0.3 is 0 Å². The summed E-state index contributed by atoms with van der Waals surface area (Å²) in [5.41, 5.74) is 1.32. The average Bonchev–Trinajstić information content (AvgIpc) is 2.04. The molecular weight excluding hydrogens is 152 g/mol. The van der Waals surface area contributed by atoms with Gasteiger partial charge in [0, 0.05) is 12.4 Å². The van der Waals surface area contributed by atoms with E-state index in [0.29, 0.717) is 11.4 Å². The predicted molar refractivity (Wildman–Crippen MR) is 46.7 cm³/mol. The Morgan fingerprint density at radius 2 is 1.83 bits per heavy atom. The summed E-state index contributed by atoms with van der Waals surface area (Å²) >= 11 is 0. The lowest BCUT2D eigenvalue weighted by molar-refractivity contribution is 0.101. The van der Waals surface area contributed by atoms with Gasteiger partial charge in [-0.05, 0) is 19.4 Å². The van der Waals surface area contributed by atoms with E-state index in [9.17, 15) is 4.79 Å². The van der Waals surface area contributed by atoms with Crippen LogP contribution in [0.15, 0.2) is 19.0 Å². The van der Waals surface area contributed by atoms with Gasteiger partial charge in [0.25, 0.3) is 0 Å². The van der Waals surface area contributed by atoms with Crippen LogP contribution in [0.1, 0.15) is 30.0 Å². The zero-order chi connectivity index (χ0) is 9.14. The van der Waals surface area contributed by atoms with Gasteiger partial charge in [-0.15, -0.1) is 0 Å². The molecule has 0 unspecified atom stereocenters. The van der Waals surface area contributed by atoms with Crippen LogP contribution in [0.3, 0.4) is 0 Å². The quantitative estimate of drug-likeness (QED) is 0.622. The van der Waals surface area contributed by atoms with Gasteiger partial charge in [0.2, 0.25) is 0 Å². The van der Waals surface area contributed by atoms with Crippen LogP contribution in [0.4, 0.5) is 0 Å². The highest BCUT2D eigenvalue weighted by molar-refractivity contribution is 5.93. The number of aromatic nitrogens is 2. The monoisotopic (exact) mass is 162 g/mol. The number of allylic oxidation sites excluding steroid dienone is 1. The molecule has 1 heterocycles. The Balaban J connectivity index is 3.01. The van der Waals surface area contributed by atoms with E-state index in [1.807, 2.05) is 6.92 Å². The molecule has 0 N–H and O–H groups in total. The average molecular weight is 162 g/mol. The van der Waals surface area contributed by atoms with Gasteiger partial charge in [-0.3, -0.25) is 4.79 Å². The van der Waals surface area contributed by atoms with E-state index in [1.165, 1.54) is 19.3 Å².